The van der Waals surface area contributed by atoms with Gasteiger partial charge in [0.25, 0.3) is 11.8 Å². The molecular formula is C28H26FN3O5. The first-order chi connectivity index (χ1) is 17.8. The second-order valence-corrected chi connectivity index (χ2v) is 9.47. The van der Waals surface area contributed by atoms with Crippen LogP contribution < -0.4 is 4.74 Å². The number of hydrogen-bond acceptors (Lipinski definition) is 5. The van der Waals surface area contributed by atoms with E-state index in [9.17, 15) is 24.1 Å². The van der Waals surface area contributed by atoms with Crippen molar-refractivity contribution < 1.29 is 23.6 Å². The van der Waals surface area contributed by atoms with Crippen LogP contribution in [0.1, 0.15) is 38.3 Å². The van der Waals surface area contributed by atoms with E-state index < -0.39 is 4.92 Å². The maximum absolute atomic E-state index is 13.3. The van der Waals surface area contributed by atoms with Crippen molar-refractivity contribution in [3.63, 3.8) is 0 Å². The molecule has 0 aliphatic carbocycles. The SMILES string of the molecule is COc1cc(C(=O)N2CC[C@H]3CN(C(=O)c4ccc(Cc5ccc(F)cc5)cc4)C[C@H]32)ccc1[N+](=O)[O-]. The minimum Gasteiger partial charge on any atom is -0.490 e. The molecule has 0 N–H and O–H groups in total. The number of carbonyl (C=O) groups is 2. The van der Waals surface area contributed by atoms with E-state index in [4.69, 9.17) is 4.74 Å². The Morgan fingerprint density at radius 1 is 0.973 bits per heavy atom. The van der Waals surface area contributed by atoms with Gasteiger partial charge in [-0.05, 0) is 54.3 Å². The molecule has 3 aromatic carbocycles. The fraction of sp³-hybridized carbons (Fsp3) is 0.286. The molecule has 8 nitrogen and oxygen atoms in total. The van der Waals surface area contributed by atoms with E-state index in [2.05, 4.69) is 0 Å². The Morgan fingerprint density at radius 2 is 1.62 bits per heavy atom. The summed E-state index contributed by atoms with van der Waals surface area (Å²) in [7, 11) is 1.33. The lowest BCUT2D eigenvalue weighted by atomic mass is 10.0. The lowest BCUT2D eigenvalue weighted by Crippen LogP contribution is -2.40. The first-order valence-electron chi connectivity index (χ1n) is 12.1. The second kappa shape index (κ2) is 10.0. The van der Waals surface area contributed by atoms with E-state index in [1.54, 1.807) is 34.1 Å². The number of likely N-dealkylation sites (tertiary alicyclic amines) is 2. The summed E-state index contributed by atoms with van der Waals surface area (Å²) in [6.45, 7) is 1.60. The normalized spacial score (nSPS) is 18.5. The monoisotopic (exact) mass is 503 g/mol. The first kappa shape index (κ1) is 24.4. The van der Waals surface area contributed by atoms with Gasteiger partial charge < -0.3 is 14.5 Å². The molecule has 0 spiro atoms. The molecule has 9 heteroatoms. The number of benzene rings is 3. The Kier molecular flexibility index (Phi) is 6.60. The number of amides is 2. The number of fused-ring (bicyclic) bond motifs is 1. The fourth-order valence-corrected chi connectivity index (χ4v) is 5.29. The molecule has 2 aliphatic heterocycles. The molecule has 0 radical (unpaired) electrons. The van der Waals surface area contributed by atoms with Crippen molar-refractivity contribution >= 4 is 17.5 Å². The van der Waals surface area contributed by atoms with Gasteiger partial charge in [-0.3, -0.25) is 19.7 Å². The van der Waals surface area contributed by atoms with Crippen LogP contribution in [0.2, 0.25) is 0 Å². The van der Waals surface area contributed by atoms with E-state index in [-0.39, 0.29) is 41.0 Å². The summed E-state index contributed by atoms with van der Waals surface area (Å²) in [6, 6.07) is 17.8. The fourth-order valence-electron chi connectivity index (χ4n) is 5.29. The highest BCUT2D eigenvalue weighted by Gasteiger charge is 2.45. The molecule has 5 rings (SSSR count). The topological polar surface area (TPSA) is 93.0 Å². The summed E-state index contributed by atoms with van der Waals surface area (Å²) in [5.41, 5.74) is 2.73. The van der Waals surface area contributed by atoms with Crippen molar-refractivity contribution in [1.82, 2.24) is 9.80 Å². The second-order valence-electron chi connectivity index (χ2n) is 9.47. The Labute approximate surface area is 213 Å². The third kappa shape index (κ3) is 4.89. The van der Waals surface area contributed by atoms with Crippen LogP contribution in [0, 0.1) is 21.8 Å². The number of carbonyl (C=O) groups excluding carboxylic acids is 2. The third-order valence-corrected chi connectivity index (χ3v) is 7.24. The highest BCUT2D eigenvalue weighted by Crippen LogP contribution is 2.35. The zero-order valence-electron chi connectivity index (χ0n) is 20.3. The molecule has 2 aliphatic rings. The number of methoxy groups -OCH3 is 1. The molecular weight excluding hydrogens is 477 g/mol. The molecule has 2 fully saturated rings. The van der Waals surface area contributed by atoms with Gasteiger partial charge in [0.05, 0.1) is 18.1 Å². The van der Waals surface area contributed by atoms with Crippen molar-refractivity contribution in [3.8, 4) is 5.75 Å². The number of hydrogen-bond donors (Lipinski definition) is 0. The maximum atomic E-state index is 13.3. The number of nitro groups is 1. The van der Waals surface area contributed by atoms with Crippen molar-refractivity contribution in [1.29, 1.82) is 0 Å². The molecule has 2 atom stereocenters. The van der Waals surface area contributed by atoms with Crippen LogP contribution in [0.25, 0.3) is 0 Å². The smallest absolute Gasteiger partial charge is 0.310 e. The summed E-state index contributed by atoms with van der Waals surface area (Å²) in [5, 5.41) is 11.2. The van der Waals surface area contributed by atoms with Crippen LogP contribution in [0.3, 0.4) is 0 Å². The number of rotatable bonds is 6. The van der Waals surface area contributed by atoms with Gasteiger partial charge in [0, 0.05) is 48.8 Å². The van der Waals surface area contributed by atoms with E-state index in [1.165, 1.54) is 37.4 Å². The quantitative estimate of drug-likeness (QED) is 0.369. The lowest BCUT2D eigenvalue weighted by Gasteiger charge is -2.25. The zero-order valence-corrected chi connectivity index (χ0v) is 20.3. The molecule has 3 aromatic rings. The number of ether oxygens (including phenoxy) is 1. The molecule has 0 aromatic heterocycles. The van der Waals surface area contributed by atoms with Crippen LogP contribution in [-0.2, 0) is 6.42 Å². The van der Waals surface area contributed by atoms with Crippen LogP contribution in [0.15, 0.2) is 66.7 Å². The van der Waals surface area contributed by atoms with Gasteiger partial charge in [-0.2, -0.15) is 0 Å². The predicted octanol–water partition coefficient (Wildman–Crippen LogP) is 4.32. The van der Waals surface area contributed by atoms with Crippen LogP contribution in [0.5, 0.6) is 5.75 Å². The summed E-state index contributed by atoms with van der Waals surface area (Å²) < 4.78 is 18.2. The first-order valence-corrected chi connectivity index (χ1v) is 12.1. The van der Waals surface area contributed by atoms with E-state index in [0.717, 1.165) is 17.5 Å². The number of nitro benzene ring substituents is 1. The Hall–Kier alpha value is -4.27. The van der Waals surface area contributed by atoms with E-state index in [1.807, 2.05) is 12.1 Å². The molecule has 2 heterocycles. The summed E-state index contributed by atoms with van der Waals surface area (Å²) in [4.78, 5) is 40.7. The lowest BCUT2D eigenvalue weighted by molar-refractivity contribution is -0.385. The molecule has 0 unspecified atom stereocenters. The van der Waals surface area contributed by atoms with Crippen molar-refractivity contribution in [2.75, 3.05) is 26.7 Å². The van der Waals surface area contributed by atoms with Gasteiger partial charge in [0.1, 0.15) is 5.82 Å². The number of halogens is 1. The highest BCUT2D eigenvalue weighted by molar-refractivity contribution is 5.96. The number of nitrogens with zero attached hydrogens (tertiary/aromatic N) is 3. The maximum Gasteiger partial charge on any atom is 0.310 e. The molecule has 37 heavy (non-hydrogen) atoms. The largest absolute Gasteiger partial charge is 0.490 e. The molecule has 0 bridgehead atoms. The highest BCUT2D eigenvalue weighted by atomic mass is 19.1. The van der Waals surface area contributed by atoms with Crippen molar-refractivity contribution in [2.24, 2.45) is 5.92 Å². The summed E-state index contributed by atoms with van der Waals surface area (Å²) in [5.74, 6) is -0.344. The van der Waals surface area contributed by atoms with Gasteiger partial charge in [-0.15, -0.1) is 0 Å². The van der Waals surface area contributed by atoms with Crippen LogP contribution in [0.4, 0.5) is 10.1 Å². The standard InChI is InChI=1S/C28H26FN3O5/c1-37-26-15-21(8-11-24(26)32(35)36)28(34)31-13-12-22-16-30(17-25(22)31)27(33)20-6-2-18(3-7-20)14-19-4-9-23(29)10-5-19/h2-11,15,22,25H,12-14,16-17H2,1H3/t22-,25+/m0/s1. The summed E-state index contributed by atoms with van der Waals surface area (Å²) >= 11 is 0. The average molecular weight is 504 g/mol. The Balaban J connectivity index is 1.25. The molecule has 2 saturated heterocycles. The van der Waals surface area contributed by atoms with Gasteiger partial charge in [0.2, 0.25) is 0 Å². The van der Waals surface area contributed by atoms with Gasteiger partial charge >= 0.3 is 5.69 Å². The molecule has 2 amide bonds. The molecule has 190 valence electrons. The van der Waals surface area contributed by atoms with Gasteiger partial charge in [-0.1, -0.05) is 24.3 Å². The van der Waals surface area contributed by atoms with Crippen molar-refractivity contribution in [2.45, 2.75) is 18.9 Å². The van der Waals surface area contributed by atoms with Crippen LogP contribution in [-0.4, -0.2) is 59.3 Å². The predicted molar refractivity (Wildman–Crippen MR) is 134 cm³/mol. The summed E-state index contributed by atoms with van der Waals surface area (Å²) in [6.07, 6.45) is 1.44. The minimum atomic E-state index is -0.547. The van der Waals surface area contributed by atoms with Gasteiger partial charge in [-0.25, -0.2) is 4.39 Å². The minimum absolute atomic E-state index is 0.0395. The third-order valence-electron chi connectivity index (χ3n) is 7.24. The average Bonchev–Trinajstić information content (AvgIpc) is 3.50. The Morgan fingerprint density at radius 3 is 2.27 bits per heavy atom. The zero-order chi connectivity index (χ0) is 26.1. The molecule has 0 saturated carbocycles. The van der Waals surface area contributed by atoms with Crippen LogP contribution >= 0.6 is 0 Å². The van der Waals surface area contributed by atoms with Crippen molar-refractivity contribution in [3.05, 3.63) is 105 Å². The van der Waals surface area contributed by atoms with E-state index in [0.29, 0.717) is 37.2 Å². The van der Waals surface area contributed by atoms with E-state index >= 15 is 0 Å². The van der Waals surface area contributed by atoms with Gasteiger partial charge in [0.15, 0.2) is 5.75 Å². The Bertz CT molecular complexity index is 1340.